The summed E-state index contributed by atoms with van der Waals surface area (Å²) >= 11 is 0. The number of nitrogens with zero attached hydrogens (tertiary/aromatic N) is 2. The molecule has 1 fully saturated rings. The molecule has 0 saturated heterocycles. The molecular weight excluding hydrogens is 264 g/mol. The van der Waals surface area contributed by atoms with Crippen LogP contribution in [0.15, 0.2) is 12.4 Å². The van der Waals surface area contributed by atoms with E-state index < -0.39 is 10.0 Å². The van der Waals surface area contributed by atoms with Gasteiger partial charge in [-0.2, -0.15) is 0 Å². The van der Waals surface area contributed by atoms with Crippen LogP contribution < -0.4 is 10.0 Å². The van der Waals surface area contributed by atoms with E-state index in [1.165, 1.54) is 12.8 Å². The normalized spacial score (nSPS) is 15.8. The molecule has 108 valence electrons. The third-order valence-electron chi connectivity index (χ3n) is 3.19. The van der Waals surface area contributed by atoms with Gasteiger partial charge in [-0.1, -0.05) is 0 Å². The van der Waals surface area contributed by atoms with Crippen molar-refractivity contribution in [1.82, 2.24) is 19.6 Å². The van der Waals surface area contributed by atoms with Crippen LogP contribution in [-0.2, 0) is 23.5 Å². The van der Waals surface area contributed by atoms with Gasteiger partial charge >= 0.3 is 0 Å². The van der Waals surface area contributed by atoms with Gasteiger partial charge in [0.2, 0.25) is 10.0 Å². The van der Waals surface area contributed by atoms with Gasteiger partial charge in [-0.25, -0.2) is 18.1 Å². The number of sulfonamides is 1. The van der Waals surface area contributed by atoms with E-state index in [9.17, 15) is 8.42 Å². The average molecular weight is 286 g/mol. The number of hydrogen-bond acceptors (Lipinski definition) is 4. The highest BCUT2D eigenvalue weighted by molar-refractivity contribution is 7.89. The molecule has 0 spiro atoms. The lowest BCUT2D eigenvalue weighted by Crippen LogP contribution is -2.30. The van der Waals surface area contributed by atoms with E-state index in [1.54, 1.807) is 6.20 Å². The fraction of sp³-hybridized carbons (Fsp3) is 0.750. The van der Waals surface area contributed by atoms with Gasteiger partial charge in [0.15, 0.2) is 0 Å². The second-order valence-electron chi connectivity index (χ2n) is 5.00. The van der Waals surface area contributed by atoms with Crippen molar-refractivity contribution >= 4 is 10.0 Å². The topological polar surface area (TPSA) is 76.0 Å². The van der Waals surface area contributed by atoms with Crippen LogP contribution in [0.3, 0.4) is 0 Å². The van der Waals surface area contributed by atoms with Crippen LogP contribution in [0.5, 0.6) is 0 Å². The molecule has 0 bridgehead atoms. The van der Waals surface area contributed by atoms with Crippen molar-refractivity contribution in [3.8, 4) is 0 Å². The summed E-state index contributed by atoms with van der Waals surface area (Å²) in [4.78, 5) is 4.16. The molecule has 7 heteroatoms. The van der Waals surface area contributed by atoms with E-state index in [4.69, 9.17) is 0 Å². The number of nitrogens with one attached hydrogen (secondary N) is 2. The van der Waals surface area contributed by atoms with Crippen LogP contribution in [0.2, 0.25) is 0 Å². The first kappa shape index (κ1) is 14.5. The summed E-state index contributed by atoms with van der Waals surface area (Å²) in [6, 6.07) is 0.638. The number of rotatable bonds is 9. The Morgan fingerprint density at radius 3 is 2.84 bits per heavy atom. The summed E-state index contributed by atoms with van der Waals surface area (Å²) < 4.78 is 28.0. The van der Waals surface area contributed by atoms with Crippen molar-refractivity contribution in [2.45, 2.75) is 31.7 Å². The molecule has 1 heterocycles. The van der Waals surface area contributed by atoms with Crippen molar-refractivity contribution in [3.63, 3.8) is 0 Å². The molecule has 0 aliphatic heterocycles. The van der Waals surface area contributed by atoms with E-state index in [-0.39, 0.29) is 5.75 Å². The first-order valence-corrected chi connectivity index (χ1v) is 8.39. The smallest absolute Gasteiger partial charge is 0.211 e. The van der Waals surface area contributed by atoms with E-state index in [0.29, 0.717) is 25.4 Å². The first-order chi connectivity index (χ1) is 9.07. The summed E-state index contributed by atoms with van der Waals surface area (Å²) in [6.07, 6.45) is 7.31. The predicted molar refractivity (Wildman–Crippen MR) is 74.3 cm³/mol. The molecule has 6 nitrogen and oxygen atoms in total. The number of aryl methyl sites for hydroxylation is 1. The van der Waals surface area contributed by atoms with Crippen molar-refractivity contribution < 1.29 is 8.42 Å². The van der Waals surface area contributed by atoms with Crippen molar-refractivity contribution in [2.75, 3.05) is 18.8 Å². The van der Waals surface area contributed by atoms with Crippen LogP contribution in [0.1, 0.15) is 25.1 Å². The minimum absolute atomic E-state index is 0.188. The number of imidazole rings is 1. The zero-order valence-corrected chi connectivity index (χ0v) is 12.1. The lowest BCUT2D eigenvalue weighted by molar-refractivity contribution is 0.573. The molecule has 0 unspecified atom stereocenters. The van der Waals surface area contributed by atoms with Gasteiger partial charge in [0.25, 0.3) is 0 Å². The van der Waals surface area contributed by atoms with Gasteiger partial charge in [-0.3, -0.25) is 0 Å². The zero-order valence-electron chi connectivity index (χ0n) is 11.3. The molecule has 2 N–H and O–H groups in total. The van der Waals surface area contributed by atoms with Gasteiger partial charge < -0.3 is 9.88 Å². The molecule has 0 aromatic carbocycles. The van der Waals surface area contributed by atoms with E-state index in [0.717, 1.165) is 12.4 Å². The highest BCUT2D eigenvalue weighted by atomic mass is 32.2. The molecule has 2 rings (SSSR count). The Morgan fingerprint density at radius 1 is 1.42 bits per heavy atom. The Hall–Kier alpha value is -0.920. The van der Waals surface area contributed by atoms with Gasteiger partial charge in [-0.05, 0) is 25.8 Å². The molecule has 0 atom stereocenters. The van der Waals surface area contributed by atoms with Crippen LogP contribution in [0, 0.1) is 0 Å². The maximum atomic E-state index is 11.7. The zero-order chi connectivity index (χ0) is 13.7. The van der Waals surface area contributed by atoms with Gasteiger partial charge in [0.05, 0.1) is 5.75 Å². The third-order valence-corrected chi connectivity index (χ3v) is 4.66. The van der Waals surface area contributed by atoms with Gasteiger partial charge in [0.1, 0.15) is 5.82 Å². The Balaban J connectivity index is 1.61. The lowest BCUT2D eigenvalue weighted by atomic mass is 10.4. The largest absolute Gasteiger partial charge is 0.338 e. The average Bonchev–Trinajstić information content (AvgIpc) is 3.09. The van der Waals surface area contributed by atoms with Crippen LogP contribution in [-0.4, -0.2) is 42.9 Å². The molecule has 1 aromatic heterocycles. The summed E-state index contributed by atoms with van der Waals surface area (Å²) in [5.41, 5.74) is 0. The number of aromatic nitrogens is 2. The Morgan fingerprint density at radius 2 is 2.21 bits per heavy atom. The van der Waals surface area contributed by atoms with Crippen LogP contribution >= 0.6 is 0 Å². The van der Waals surface area contributed by atoms with E-state index in [1.807, 2.05) is 17.8 Å². The second kappa shape index (κ2) is 6.49. The quantitative estimate of drug-likeness (QED) is 0.628. The summed E-state index contributed by atoms with van der Waals surface area (Å²) in [5, 5.41) is 3.31. The minimum Gasteiger partial charge on any atom is -0.338 e. The Bertz CT molecular complexity index is 494. The lowest BCUT2D eigenvalue weighted by Gasteiger charge is -2.07. The van der Waals surface area contributed by atoms with Crippen molar-refractivity contribution in [1.29, 1.82) is 0 Å². The van der Waals surface area contributed by atoms with Crippen LogP contribution in [0.25, 0.3) is 0 Å². The molecule has 1 aliphatic rings. The molecule has 1 aliphatic carbocycles. The van der Waals surface area contributed by atoms with Crippen molar-refractivity contribution in [2.24, 2.45) is 7.05 Å². The molecule has 0 radical (unpaired) electrons. The Labute approximate surface area is 114 Å². The van der Waals surface area contributed by atoms with E-state index >= 15 is 0 Å². The fourth-order valence-corrected chi connectivity index (χ4v) is 2.97. The molecule has 1 aromatic rings. The fourth-order valence-electron chi connectivity index (χ4n) is 1.88. The van der Waals surface area contributed by atoms with Gasteiger partial charge in [-0.15, -0.1) is 0 Å². The molecular formula is C12H22N4O2S. The predicted octanol–water partition coefficient (Wildman–Crippen LogP) is 0.0241. The standard InChI is InChI=1S/C12H22N4O2S/c1-16-9-8-14-12(16)5-7-15-19(17,18)10-2-6-13-11-3-4-11/h8-9,11,13,15H,2-7,10H2,1H3. The number of hydrogen-bond donors (Lipinski definition) is 2. The third kappa shape index (κ3) is 5.30. The van der Waals surface area contributed by atoms with Crippen molar-refractivity contribution in [3.05, 3.63) is 18.2 Å². The highest BCUT2D eigenvalue weighted by Gasteiger charge is 2.20. The molecule has 0 amide bonds. The Kier molecular flexibility index (Phi) is 4.95. The monoisotopic (exact) mass is 286 g/mol. The summed E-state index contributed by atoms with van der Waals surface area (Å²) in [7, 11) is -1.25. The van der Waals surface area contributed by atoms with Gasteiger partial charge in [0, 0.05) is 38.4 Å². The molecule has 19 heavy (non-hydrogen) atoms. The second-order valence-corrected chi connectivity index (χ2v) is 6.93. The van der Waals surface area contributed by atoms with E-state index in [2.05, 4.69) is 15.0 Å². The SMILES string of the molecule is Cn1ccnc1CCNS(=O)(=O)CCCNC1CC1. The van der Waals surface area contributed by atoms with Crippen LogP contribution in [0.4, 0.5) is 0 Å². The summed E-state index contributed by atoms with van der Waals surface area (Å²) in [5.74, 6) is 1.07. The first-order valence-electron chi connectivity index (χ1n) is 6.74. The maximum absolute atomic E-state index is 11.7. The maximum Gasteiger partial charge on any atom is 0.211 e. The summed E-state index contributed by atoms with van der Waals surface area (Å²) in [6.45, 7) is 1.19. The minimum atomic E-state index is -3.15. The highest BCUT2D eigenvalue weighted by Crippen LogP contribution is 2.18. The molecule has 1 saturated carbocycles.